The summed E-state index contributed by atoms with van der Waals surface area (Å²) in [5.41, 5.74) is 0.986. The van der Waals surface area contributed by atoms with Crippen molar-refractivity contribution in [3.8, 4) is 5.75 Å². The Bertz CT molecular complexity index is 1100. The first-order valence-corrected chi connectivity index (χ1v) is 16.2. The first-order valence-electron chi connectivity index (χ1n) is 14.7. The maximum atomic E-state index is 13.2. The van der Waals surface area contributed by atoms with Gasteiger partial charge in [-0.25, -0.2) is 0 Å². The summed E-state index contributed by atoms with van der Waals surface area (Å²) in [6.07, 6.45) is 13.9. The number of rotatable bonds is 17. The first-order chi connectivity index (χ1) is 18.7. The quantitative estimate of drug-likeness (QED) is 0.116. The van der Waals surface area contributed by atoms with Crippen molar-refractivity contribution >= 4 is 15.9 Å². The highest BCUT2D eigenvalue weighted by molar-refractivity contribution is 7.87. The predicted octanol–water partition coefficient (Wildman–Crippen LogP) is 7.21. The monoisotopic (exact) mass is 557 g/mol. The Labute approximate surface area is 236 Å². The minimum absolute atomic E-state index is 0.0168. The highest BCUT2D eigenvalue weighted by Crippen LogP contribution is 2.25. The van der Waals surface area contributed by atoms with Gasteiger partial charge in [0.1, 0.15) is 10.6 Å². The van der Waals surface area contributed by atoms with Crippen LogP contribution in [-0.4, -0.2) is 50.9 Å². The fourth-order valence-electron chi connectivity index (χ4n) is 5.10. The molecule has 0 bridgehead atoms. The number of carbonyl (C=O) groups excluding carboxylic acids is 1. The van der Waals surface area contributed by atoms with Crippen molar-refractivity contribution in [2.45, 2.75) is 102 Å². The van der Waals surface area contributed by atoms with Gasteiger partial charge >= 0.3 is 10.1 Å². The van der Waals surface area contributed by atoms with Gasteiger partial charge in [0.25, 0.3) is 0 Å². The molecule has 1 fully saturated rings. The topological polar surface area (TPSA) is 72.9 Å². The van der Waals surface area contributed by atoms with Gasteiger partial charge in [-0.1, -0.05) is 76.8 Å². The van der Waals surface area contributed by atoms with Crippen molar-refractivity contribution in [3.05, 3.63) is 59.7 Å². The van der Waals surface area contributed by atoms with E-state index in [1.54, 1.807) is 36.4 Å². The molecule has 0 radical (unpaired) electrons. The molecule has 1 saturated heterocycles. The van der Waals surface area contributed by atoms with Crippen LogP contribution < -0.4 is 4.18 Å². The minimum atomic E-state index is -3.96. The van der Waals surface area contributed by atoms with Crippen molar-refractivity contribution in [1.82, 2.24) is 4.90 Å². The number of ether oxygens (including phenoxy) is 1. The van der Waals surface area contributed by atoms with Gasteiger partial charge in [0.15, 0.2) is 5.78 Å². The maximum absolute atomic E-state index is 13.2. The Morgan fingerprint density at radius 1 is 0.821 bits per heavy atom. The van der Waals surface area contributed by atoms with Crippen molar-refractivity contribution in [2.75, 3.05) is 26.3 Å². The van der Waals surface area contributed by atoms with Crippen LogP contribution in [0.5, 0.6) is 5.75 Å². The Kier molecular flexibility index (Phi) is 12.5. The average molecular weight is 558 g/mol. The number of unbranched alkanes of at least 4 members (excludes halogenated alkanes) is 9. The van der Waals surface area contributed by atoms with E-state index in [4.69, 9.17) is 8.92 Å². The zero-order valence-electron chi connectivity index (χ0n) is 24.1. The molecule has 0 atom stereocenters. The Balaban J connectivity index is 1.44. The molecule has 2 aromatic carbocycles. The predicted molar refractivity (Wildman–Crippen MR) is 157 cm³/mol. The highest BCUT2D eigenvalue weighted by Gasteiger charge is 2.36. The van der Waals surface area contributed by atoms with E-state index < -0.39 is 15.7 Å². The van der Waals surface area contributed by atoms with Crippen LogP contribution >= 0.6 is 0 Å². The molecule has 0 aromatic heterocycles. The van der Waals surface area contributed by atoms with Crippen LogP contribution in [0.2, 0.25) is 0 Å². The molecule has 1 heterocycles. The molecule has 3 rings (SSSR count). The average Bonchev–Trinajstić information content (AvgIpc) is 2.94. The molecule has 39 heavy (non-hydrogen) atoms. The molecular weight excluding hydrogens is 510 g/mol. The van der Waals surface area contributed by atoms with Gasteiger partial charge in [-0.2, -0.15) is 8.42 Å². The maximum Gasteiger partial charge on any atom is 0.339 e. The van der Waals surface area contributed by atoms with Crippen LogP contribution in [-0.2, 0) is 21.3 Å². The van der Waals surface area contributed by atoms with Gasteiger partial charge in [-0.15, -0.1) is 0 Å². The first kappa shape index (κ1) is 31.3. The summed E-state index contributed by atoms with van der Waals surface area (Å²) in [4.78, 5) is 15.4. The largest absolute Gasteiger partial charge is 0.379 e. The van der Waals surface area contributed by atoms with E-state index in [0.29, 0.717) is 31.9 Å². The summed E-state index contributed by atoms with van der Waals surface area (Å²) in [5.74, 6) is 0.168. The molecule has 6 nitrogen and oxygen atoms in total. The number of nitrogens with zero attached hydrogens (tertiary/aromatic N) is 1. The van der Waals surface area contributed by atoms with E-state index in [0.717, 1.165) is 18.4 Å². The summed E-state index contributed by atoms with van der Waals surface area (Å²) in [5, 5.41) is 0. The van der Waals surface area contributed by atoms with Crippen molar-refractivity contribution in [3.63, 3.8) is 0 Å². The number of ketones is 1. The number of carbonyl (C=O) groups is 1. The van der Waals surface area contributed by atoms with Crippen molar-refractivity contribution < 1.29 is 22.1 Å². The lowest BCUT2D eigenvalue weighted by molar-refractivity contribution is -0.00429. The lowest BCUT2D eigenvalue weighted by Crippen LogP contribution is -2.54. The Morgan fingerprint density at radius 2 is 1.36 bits per heavy atom. The van der Waals surface area contributed by atoms with Crippen molar-refractivity contribution in [2.24, 2.45) is 0 Å². The molecule has 0 spiro atoms. The van der Waals surface area contributed by atoms with Crippen LogP contribution in [0.3, 0.4) is 0 Å². The molecule has 0 aliphatic carbocycles. The molecular formula is C32H47NO5S. The number of morpholine rings is 1. The molecule has 2 aromatic rings. The molecule has 216 valence electrons. The molecule has 1 aliphatic rings. The summed E-state index contributed by atoms with van der Waals surface area (Å²) in [6, 6.07) is 13.3. The molecule has 0 amide bonds. The standard InChI is InChI=1S/C32H47NO5S/c1-4-5-6-7-8-9-10-11-12-13-14-27-15-21-30(22-16-27)39(35,36)38-29-19-17-28(18-20-29)31(34)32(2,3)33-23-25-37-26-24-33/h15-22H,4-14,23-26H2,1-3H3. The van der Waals surface area contributed by atoms with Gasteiger partial charge < -0.3 is 8.92 Å². The van der Waals surface area contributed by atoms with E-state index >= 15 is 0 Å². The van der Waals surface area contributed by atoms with E-state index in [1.807, 2.05) is 26.0 Å². The fraction of sp³-hybridized carbons (Fsp3) is 0.594. The second kappa shape index (κ2) is 15.5. The number of hydrogen-bond donors (Lipinski definition) is 0. The summed E-state index contributed by atoms with van der Waals surface area (Å²) in [6.45, 7) is 8.71. The second-order valence-electron chi connectivity index (χ2n) is 11.1. The second-order valence-corrected chi connectivity index (χ2v) is 12.7. The SMILES string of the molecule is CCCCCCCCCCCCc1ccc(S(=O)(=O)Oc2ccc(C(=O)C(C)(C)N3CCOCC3)cc2)cc1. The molecule has 0 saturated carbocycles. The zero-order valence-corrected chi connectivity index (χ0v) is 24.9. The van der Waals surface area contributed by atoms with Crippen LogP contribution in [0.1, 0.15) is 101 Å². The minimum Gasteiger partial charge on any atom is -0.379 e. The fourth-order valence-corrected chi connectivity index (χ4v) is 6.03. The third-order valence-corrected chi connectivity index (χ3v) is 8.97. The van der Waals surface area contributed by atoms with Crippen LogP contribution in [0.4, 0.5) is 0 Å². The van der Waals surface area contributed by atoms with Gasteiger partial charge in [0.05, 0.1) is 18.8 Å². The van der Waals surface area contributed by atoms with Gasteiger partial charge in [-0.05, 0) is 68.7 Å². The van der Waals surface area contributed by atoms with Gasteiger partial charge in [0, 0.05) is 18.7 Å². The van der Waals surface area contributed by atoms with Gasteiger partial charge in [0.2, 0.25) is 0 Å². The van der Waals surface area contributed by atoms with Crippen LogP contribution in [0, 0.1) is 0 Å². The smallest absolute Gasteiger partial charge is 0.339 e. The number of benzene rings is 2. The molecule has 7 heteroatoms. The third-order valence-electron chi connectivity index (χ3n) is 7.71. The number of Topliss-reactive ketones (excluding diaryl/α,β-unsaturated/α-hetero) is 1. The summed E-state index contributed by atoms with van der Waals surface area (Å²) in [7, 11) is -3.96. The Hall–Kier alpha value is -2.22. The zero-order chi connectivity index (χ0) is 28.1. The van der Waals surface area contributed by atoms with Gasteiger partial charge in [-0.3, -0.25) is 9.69 Å². The number of aryl methyl sites for hydroxylation is 1. The lowest BCUT2D eigenvalue weighted by Gasteiger charge is -2.39. The summed E-state index contributed by atoms with van der Waals surface area (Å²) >= 11 is 0. The van der Waals surface area contributed by atoms with Crippen LogP contribution in [0.25, 0.3) is 0 Å². The lowest BCUT2D eigenvalue weighted by atomic mass is 9.91. The van der Waals surface area contributed by atoms with E-state index in [1.165, 1.54) is 57.8 Å². The van der Waals surface area contributed by atoms with E-state index in [9.17, 15) is 13.2 Å². The Morgan fingerprint density at radius 3 is 1.92 bits per heavy atom. The molecule has 1 aliphatic heterocycles. The number of hydrogen-bond acceptors (Lipinski definition) is 6. The van der Waals surface area contributed by atoms with Crippen molar-refractivity contribution in [1.29, 1.82) is 0 Å². The van der Waals surface area contributed by atoms with E-state index in [2.05, 4.69) is 11.8 Å². The third kappa shape index (κ3) is 9.73. The summed E-state index contributed by atoms with van der Waals surface area (Å²) < 4.78 is 36.4. The normalized spacial score (nSPS) is 14.8. The highest BCUT2D eigenvalue weighted by atomic mass is 32.2. The van der Waals surface area contributed by atoms with Crippen LogP contribution in [0.15, 0.2) is 53.4 Å². The molecule has 0 unspecified atom stereocenters. The molecule has 0 N–H and O–H groups in total. The van der Waals surface area contributed by atoms with E-state index in [-0.39, 0.29) is 16.4 Å².